The summed E-state index contributed by atoms with van der Waals surface area (Å²) in [4.78, 5) is 11.0. The van der Waals surface area contributed by atoms with Crippen LogP contribution in [0.25, 0.3) is 6.08 Å². The number of hydrogen-bond acceptors (Lipinski definition) is 7. The van der Waals surface area contributed by atoms with Crippen molar-refractivity contribution in [3.05, 3.63) is 59.2 Å². The molecule has 2 atom stereocenters. The SMILES string of the molecule is COc1cc2c(cc1OC)C1=NOC(CN3CCN(C/C(C)=C/c4ccccc4)CC3)C1CN2. The van der Waals surface area contributed by atoms with E-state index < -0.39 is 0 Å². The Morgan fingerprint density at radius 1 is 1.06 bits per heavy atom. The van der Waals surface area contributed by atoms with Crippen molar-refractivity contribution in [3.63, 3.8) is 0 Å². The van der Waals surface area contributed by atoms with E-state index in [1.54, 1.807) is 14.2 Å². The lowest BCUT2D eigenvalue weighted by Crippen LogP contribution is -2.50. The summed E-state index contributed by atoms with van der Waals surface area (Å²) in [5.41, 5.74) is 5.74. The summed E-state index contributed by atoms with van der Waals surface area (Å²) in [5, 5.41) is 8.05. The molecule has 2 aromatic rings. The molecule has 0 radical (unpaired) electrons. The van der Waals surface area contributed by atoms with Crippen LogP contribution in [0.15, 0.2) is 53.2 Å². The van der Waals surface area contributed by atoms with Crippen LogP contribution in [0.4, 0.5) is 5.69 Å². The average Bonchev–Trinajstić information content (AvgIpc) is 3.28. The number of methoxy groups -OCH3 is 2. The first-order chi connectivity index (χ1) is 16.6. The van der Waals surface area contributed by atoms with Crippen LogP contribution in [0.2, 0.25) is 0 Å². The second kappa shape index (κ2) is 10.1. The van der Waals surface area contributed by atoms with Gasteiger partial charge in [-0.3, -0.25) is 9.80 Å². The molecule has 7 nitrogen and oxygen atoms in total. The molecule has 2 unspecified atom stereocenters. The van der Waals surface area contributed by atoms with Crippen molar-refractivity contribution in [2.24, 2.45) is 11.1 Å². The Morgan fingerprint density at radius 3 is 2.50 bits per heavy atom. The highest BCUT2D eigenvalue weighted by Crippen LogP contribution is 2.39. The summed E-state index contributed by atoms with van der Waals surface area (Å²) >= 11 is 0. The monoisotopic (exact) mass is 462 g/mol. The average molecular weight is 463 g/mol. The zero-order chi connectivity index (χ0) is 23.5. The highest BCUT2D eigenvalue weighted by Gasteiger charge is 2.40. The number of piperazine rings is 1. The summed E-state index contributed by atoms with van der Waals surface area (Å²) in [7, 11) is 3.31. The van der Waals surface area contributed by atoms with Crippen LogP contribution in [0.5, 0.6) is 11.5 Å². The van der Waals surface area contributed by atoms with Gasteiger partial charge in [-0.05, 0) is 18.6 Å². The molecule has 0 saturated carbocycles. The molecular weight excluding hydrogens is 428 g/mol. The van der Waals surface area contributed by atoms with Crippen LogP contribution >= 0.6 is 0 Å². The quantitative estimate of drug-likeness (QED) is 0.679. The molecule has 3 aliphatic rings. The van der Waals surface area contributed by atoms with Gasteiger partial charge in [-0.25, -0.2) is 0 Å². The van der Waals surface area contributed by atoms with Crippen LogP contribution in [-0.4, -0.2) is 81.6 Å². The highest BCUT2D eigenvalue weighted by molar-refractivity contribution is 6.09. The third-order valence-corrected chi connectivity index (χ3v) is 6.99. The normalized spacial score (nSPS) is 22.8. The molecule has 3 heterocycles. The van der Waals surface area contributed by atoms with Crippen LogP contribution in [-0.2, 0) is 4.84 Å². The van der Waals surface area contributed by atoms with E-state index in [1.165, 1.54) is 11.1 Å². The van der Waals surface area contributed by atoms with Gasteiger partial charge < -0.3 is 19.6 Å². The fourth-order valence-electron chi connectivity index (χ4n) is 5.15. The molecule has 0 amide bonds. The van der Waals surface area contributed by atoms with E-state index >= 15 is 0 Å². The number of nitrogens with zero attached hydrogens (tertiary/aromatic N) is 3. The van der Waals surface area contributed by atoms with Gasteiger partial charge in [0.15, 0.2) is 11.5 Å². The molecule has 0 spiro atoms. The molecule has 3 aliphatic heterocycles. The maximum atomic E-state index is 5.96. The third-order valence-electron chi connectivity index (χ3n) is 6.99. The van der Waals surface area contributed by atoms with E-state index in [1.807, 2.05) is 12.1 Å². The maximum absolute atomic E-state index is 5.96. The van der Waals surface area contributed by atoms with Crippen LogP contribution in [0, 0.1) is 5.92 Å². The first kappa shape index (κ1) is 22.7. The molecule has 0 aromatic heterocycles. The van der Waals surface area contributed by atoms with Gasteiger partial charge in [0.05, 0.1) is 25.8 Å². The highest BCUT2D eigenvalue weighted by atomic mass is 16.6. The minimum atomic E-state index is 0.0648. The summed E-state index contributed by atoms with van der Waals surface area (Å²) in [5.74, 6) is 1.66. The summed E-state index contributed by atoms with van der Waals surface area (Å²) in [6.07, 6.45) is 2.35. The number of hydrogen-bond donors (Lipinski definition) is 1. The van der Waals surface area contributed by atoms with Crippen molar-refractivity contribution in [1.29, 1.82) is 0 Å². The lowest BCUT2D eigenvalue weighted by atomic mass is 9.87. The van der Waals surface area contributed by atoms with Gasteiger partial charge in [-0.2, -0.15) is 0 Å². The van der Waals surface area contributed by atoms with E-state index in [-0.39, 0.29) is 12.0 Å². The zero-order valence-electron chi connectivity index (χ0n) is 20.3. The molecular formula is C27H34N4O3. The van der Waals surface area contributed by atoms with E-state index in [2.05, 4.69) is 63.6 Å². The standard InChI is InChI=1S/C27H34N4O3/c1-19(13-20-7-5-4-6-8-20)17-30-9-11-31(12-10-30)18-26-22-16-28-23-15-25(33-3)24(32-2)14-21(23)27(22)29-34-26/h4-8,13-15,22,26,28H,9-12,16-18H2,1-3H3/b19-13+. The zero-order valence-corrected chi connectivity index (χ0v) is 20.3. The Balaban J connectivity index is 1.15. The maximum Gasteiger partial charge on any atom is 0.162 e. The Bertz CT molecular complexity index is 1060. The second-order valence-corrected chi connectivity index (χ2v) is 9.34. The van der Waals surface area contributed by atoms with E-state index in [9.17, 15) is 0 Å². The lowest BCUT2D eigenvalue weighted by molar-refractivity contribution is 0.0203. The Kier molecular flexibility index (Phi) is 6.74. The van der Waals surface area contributed by atoms with Gasteiger partial charge in [0, 0.05) is 63.1 Å². The summed E-state index contributed by atoms with van der Waals surface area (Å²) in [6.45, 7) is 9.20. The number of rotatable bonds is 7. The molecule has 2 aromatic carbocycles. The van der Waals surface area contributed by atoms with Crippen LogP contribution in [0.1, 0.15) is 18.1 Å². The molecule has 1 N–H and O–H groups in total. The number of oxime groups is 1. The predicted octanol–water partition coefficient (Wildman–Crippen LogP) is 3.57. The third kappa shape index (κ3) is 4.76. The largest absolute Gasteiger partial charge is 0.493 e. The van der Waals surface area contributed by atoms with Gasteiger partial charge in [0.25, 0.3) is 0 Å². The van der Waals surface area contributed by atoms with Crippen molar-refractivity contribution in [2.45, 2.75) is 13.0 Å². The number of ether oxygens (including phenoxy) is 2. The topological polar surface area (TPSA) is 58.6 Å². The van der Waals surface area contributed by atoms with Crippen molar-refractivity contribution < 1.29 is 14.3 Å². The molecule has 0 aliphatic carbocycles. The molecule has 5 rings (SSSR count). The minimum Gasteiger partial charge on any atom is -0.493 e. The van der Waals surface area contributed by atoms with Crippen molar-refractivity contribution in [2.75, 3.05) is 65.3 Å². The number of nitrogens with one attached hydrogen (secondary N) is 1. The van der Waals surface area contributed by atoms with E-state index in [0.717, 1.165) is 68.5 Å². The summed E-state index contributed by atoms with van der Waals surface area (Å²) < 4.78 is 11.0. The van der Waals surface area contributed by atoms with Crippen molar-refractivity contribution in [3.8, 4) is 11.5 Å². The van der Waals surface area contributed by atoms with Gasteiger partial charge in [0.1, 0.15) is 6.10 Å². The van der Waals surface area contributed by atoms with E-state index in [4.69, 9.17) is 14.3 Å². The minimum absolute atomic E-state index is 0.0648. The Labute approximate surface area is 202 Å². The van der Waals surface area contributed by atoms with Crippen LogP contribution in [0.3, 0.4) is 0 Å². The first-order valence-electron chi connectivity index (χ1n) is 12.1. The predicted molar refractivity (Wildman–Crippen MR) is 136 cm³/mol. The van der Waals surface area contributed by atoms with Crippen LogP contribution < -0.4 is 14.8 Å². The van der Waals surface area contributed by atoms with Gasteiger partial charge in [-0.15, -0.1) is 0 Å². The number of benzene rings is 2. The molecule has 1 saturated heterocycles. The molecule has 34 heavy (non-hydrogen) atoms. The van der Waals surface area contributed by atoms with Gasteiger partial charge in [-0.1, -0.05) is 47.1 Å². The Hall–Kier alpha value is -3.03. The molecule has 180 valence electrons. The molecule has 7 heteroatoms. The second-order valence-electron chi connectivity index (χ2n) is 9.34. The van der Waals surface area contributed by atoms with Gasteiger partial charge in [0.2, 0.25) is 0 Å². The van der Waals surface area contributed by atoms with Crippen molar-refractivity contribution >= 4 is 17.5 Å². The fourth-order valence-corrected chi connectivity index (χ4v) is 5.15. The Morgan fingerprint density at radius 2 is 1.76 bits per heavy atom. The molecule has 0 bridgehead atoms. The smallest absolute Gasteiger partial charge is 0.162 e. The molecule has 1 fully saturated rings. The lowest BCUT2D eigenvalue weighted by Gasteiger charge is -2.36. The van der Waals surface area contributed by atoms with Crippen molar-refractivity contribution in [1.82, 2.24) is 9.80 Å². The number of fused-ring (bicyclic) bond motifs is 3. The fraction of sp³-hybridized carbons (Fsp3) is 0.444. The van der Waals surface area contributed by atoms with E-state index in [0.29, 0.717) is 5.75 Å². The number of anilines is 1. The first-order valence-corrected chi connectivity index (χ1v) is 12.1. The van der Waals surface area contributed by atoms with Gasteiger partial charge >= 0.3 is 0 Å². The summed E-state index contributed by atoms with van der Waals surface area (Å²) in [6, 6.07) is 14.5.